The lowest BCUT2D eigenvalue weighted by Gasteiger charge is -2.21. The number of alkyl halides is 6. The second-order valence-corrected chi connectivity index (χ2v) is 11.5. The van der Waals surface area contributed by atoms with Gasteiger partial charge in [-0.05, 0) is 55.4 Å². The SMILES string of the molecule is O=C(Oc1ccc([C@H](CNCCSCCCNCCc2ccccc2Cl)OC(=O)C(F)(F)F)c2sc(=O)[nH]c12)C(F)(F)F. The van der Waals surface area contributed by atoms with Crippen molar-refractivity contribution in [1.29, 1.82) is 0 Å². The Morgan fingerprint density at radius 3 is 2.37 bits per heavy atom. The zero-order chi connectivity index (χ0) is 31.6. The molecule has 0 aliphatic rings. The first-order valence-corrected chi connectivity index (χ1v) is 15.1. The third-order valence-corrected chi connectivity index (χ3v) is 8.13. The molecule has 43 heavy (non-hydrogen) atoms. The molecule has 2 aromatic carbocycles. The Balaban J connectivity index is 1.54. The molecule has 236 valence electrons. The van der Waals surface area contributed by atoms with Crippen molar-refractivity contribution in [2.75, 3.05) is 37.7 Å². The fourth-order valence-electron chi connectivity index (χ4n) is 3.76. The zero-order valence-electron chi connectivity index (χ0n) is 22.2. The van der Waals surface area contributed by atoms with Crippen LogP contribution in [0.1, 0.15) is 23.7 Å². The van der Waals surface area contributed by atoms with Crippen molar-refractivity contribution in [3.05, 3.63) is 62.2 Å². The Morgan fingerprint density at radius 2 is 1.67 bits per heavy atom. The first-order chi connectivity index (χ1) is 20.3. The summed E-state index contributed by atoms with van der Waals surface area (Å²) in [5.74, 6) is -4.31. The van der Waals surface area contributed by atoms with Gasteiger partial charge in [-0.2, -0.15) is 38.1 Å². The number of hydrogen-bond donors (Lipinski definition) is 3. The van der Waals surface area contributed by atoms with E-state index in [4.69, 9.17) is 11.6 Å². The van der Waals surface area contributed by atoms with Crippen molar-refractivity contribution in [2.24, 2.45) is 0 Å². The summed E-state index contributed by atoms with van der Waals surface area (Å²) >= 11 is 8.18. The quantitative estimate of drug-likeness (QED) is 0.0852. The third-order valence-electron chi connectivity index (χ3n) is 5.76. The predicted octanol–water partition coefficient (Wildman–Crippen LogP) is 5.40. The zero-order valence-corrected chi connectivity index (χ0v) is 24.6. The topological polar surface area (TPSA) is 110 Å². The van der Waals surface area contributed by atoms with Crippen LogP contribution in [0.25, 0.3) is 10.2 Å². The number of hydrogen-bond acceptors (Lipinski definition) is 9. The van der Waals surface area contributed by atoms with Gasteiger partial charge >= 0.3 is 29.2 Å². The Hall–Kier alpha value is -2.79. The van der Waals surface area contributed by atoms with Gasteiger partial charge in [-0.15, -0.1) is 0 Å². The number of nitrogens with one attached hydrogen (secondary N) is 3. The molecule has 0 saturated carbocycles. The molecule has 0 bridgehead atoms. The standard InChI is InChI=1S/C26H26ClF6N3O5S2/c27-17-5-2-1-4-15(17)8-10-34-9-3-12-42-13-11-35-14-19(41-23(38)26(31,32)33)16-6-7-18(40-22(37)25(28,29)30)20-21(16)43-24(39)36-20/h1-2,4-7,19,34-35H,3,8-14H2,(H,36,39)/t19-/m0/s1. The molecule has 0 radical (unpaired) electrons. The molecule has 0 aliphatic heterocycles. The Morgan fingerprint density at radius 1 is 0.953 bits per heavy atom. The first-order valence-electron chi connectivity index (χ1n) is 12.7. The number of carbonyl (C=O) groups excluding carboxylic acids is 2. The molecular formula is C26H26ClF6N3O5S2. The van der Waals surface area contributed by atoms with Gasteiger partial charge in [0.2, 0.25) is 0 Å². The van der Waals surface area contributed by atoms with E-state index in [1.807, 2.05) is 24.3 Å². The molecule has 1 heterocycles. The van der Waals surface area contributed by atoms with Crippen LogP contribution >= 0.6 is 34.7 Å². The van der Waals surface area contributed by atoms with Crippen LogP contribution in [0.4, 0.5) is 26.3 Å². The van der Waals surface area contributed by atoms with Crippen LogP contribution in [0.15, 0.2) is 41.2 Å². The largest absolute Gasteiger partial charge is 0.491 e. The highest BCUT2D eigenvalue weighted by atomic mass is 35.5. The fourth-order valence-corrected chi connectivity index (χ4v) is 5.75. The van der Waals surface area contributed by atoms with E-state index >= 15 is 0 Å². The number of rotatable bonds is 15. The molecule has 0 spiro atoms. The smallest absolute Gasteiger partial charge is 0.449 e. The molecule has 0 saturated heterocycles. The first kappa shape index (κ1) is 34.7. The third kappa shape index (κ3) is 10.7. The van der Waals surface area contributed by atoms with Gasteiger partial charge in [0, 0.05) is 29.4 Å². The summed E-state index contributed by atoms with van der Waals surface area (Å²) in [6, 6.07) is 9.51. The van der Waals surface area contributed by atoms with Gasteiger partial charge in [-0.3, -0.25) is 4.79 Å². The molecule has 0 unspecified atom stereocenters. The maximum atomic E-state index is 13.0. The van der Waals surface area contributed by atoms with Gasteiger partial charge in [-0.25, -0.2) is 9.59 Å². The Kier molecular flexibility index (Phi) is 12.7. The normalized spacial score (nSPS) is 12.8. The average Bonchev–Trinajstić information content (AvgIpc) is 3.32. The number of ether oxygens (including phenoxy) is 2. The van der Waals surface area contributed by atoms with Crippen molar-refractivity contribution in [3.63, 3.8) is 0 Å². The lowest BCUT2D eigenvalue weighted by atomic mass is 10.1. The van der Waals surface area contributed by atoms with Crippen molar-refractivity contribution < 1.29 is 45.4 Å². The number of thiazole rings is 1. The molecule has 0 amide bonds. The number of H-pyrrole nitrogens is 1. The highest BCUT2D eigenvalue weighted by Crippen LogP contribution is 2.35. The van der Waals surface area contributed by atoms with E-state index in [2.05, 4.69) is 25.1 Å². The van der Waals surface area contributed by atoms with E-state index < -0.39 is 41.0 Å². The molecule has 3 N–H and O–H groups in total. The minimum Gasteiger partial charge on any atom is -0.449 e. The van der Waals surface area contributed by atoms with E-state index in [-0.39, 0.29) is 22.3 Å². The summed E-state index contributed by atoms with van der Waals surface area (Å²) in [5, 5.41) is 6.95. The van der Waals surface area contributed by atoms with Crippen LogP contribution in [0.3, 0.4) is 0 Å². The van der Waals surface area contributed by atoms with Crippen LogP contribution in [0.5, 0.6) is 5.75 Å². The van der Waals surface area contributed by atoms with Crippen molar-refractivity contribution >= 4 is 56.9 Å². The fraction of sp³-hybridized carbons (Fsp3) is 0.423. The molecular weight excluding hydrogens is 648 g/mol. The predicted molar refractivity (Wildman–Crippen MR) is 152 cm³/mol. The van der Waals surface area contributed by atoms with Crippen LogP contribution in [-0.2, 0) is 20.7 Å². The maximum absolute atomic E-state index is 13.0. The van der Waals surface area contributed by atoms with Crippen LogP contribution in [0.2, 0.25) is 5.02 Å². The van der Waals surface area contributed by atoms with Crippen LogP contribution in [0, 0.1) is 0 Å². The maximum Gasteiger partial charge on any atom is 0.491 e. The molecule has 8 nitrogen and oxygen atoms in total. The highest BCUT2D eigenvalue weighted by Gasteiger charge is 2.43. The lowest BCUT2D eigenvalue weighted by molar-refractivity contribution is -0.205. The van der Waals surface area contributed by atoms with E-state index in [1.54, 1.807) is 11.8 Å². The minimum absolute atomic E-state index is 0.0919. The molecule has 3 rings (SSSR count). The highest BCUT2D eigenvalue weighted by molar-refractivity contribution is 7.99. The summed E-state index contributed by atoms with van der Waals surface area (Å²) < 4.78 is 85.8. The molecule has 0 fully saturated rings. The Bertz CT molecular complexity index is 1450. The second kappa shape index (κ2) is 15.8. The van der Waals surface area contributed by atoms with E-state index in [1.165, 1.54) is 0 Å². The number of esters is 2. The summed E-state index contributed by atoms with van der Waals surface area (Å²) in [6.45, 7) is 1.58. The molecule has 3 aromatic rings. The molecule has 1 atom stereocenters. The number of carbonyl (C=O) groups is 2. The second-order valence-electron chi connectivity index (χ2n) is 8.91. The monoisotopic (exact) mass is 673 g/mol. The van der Waals surface area contributed by atoms with E-state index in [0.29, 0.717) is 23.6 Å². The number of thioether (sulfide) groups is 1. The van der Waals surface area contributed by atoms with Crippen molar-refractivity contribution in [2.45, 2.75) is 31.3 Å². The number of fused-ring (bicyclic) bond motifs is 1. The van der Waals surface area contributed by atoms with Gasteiger partial charge in [-0.1, -0.05) is 41.1 Å². The Labute approximate surface area is 254 Å². The van der Waals surface area contributed by atoms with Crippen LogP contribution in [-0.4, -0.2) is 67.0 Å². The minimum atomic E-state index is -5.33. The number of benzene rings is 2. The number of aromatic nitrogens is 1. The molecule has 0 aliphatic carbocycles. The summed E-state index contributed by atoms with van der Waals surface area (Å²) in [7, 11) is 0. The average molecular weight is 674 g/mol. The lowest BCUT2D eigenvalue weighted by Crippen LogP contribution is -2.32. The van der Waals surface area contributed by atoms with Crippen LogP contribution < -0.4 is 20.2 Å². The van der Waals surface area contributed by atoms with E-state index in [9.17, 15) is 40.7 Å². The summed E-state index contributed by atoms with van der Waals surface area (Å²) in [5.41, 5.74) is 0.614. The van der Waals surface area contributed by atoms with E-state index in [0.717, 1.165) is 54.4 Å². The van der Waals surface area contributed by atoms with Gasteiger partial charge < -0.3 is 25.1 Å². The molecule has 1 aromatic heterocycles. The van der Waals surface area contributed by atoms with Gasteiger partial charge in [0.05, 0.1) is 4.70 Å². The van der Waals surface area contributed by atoms with Gasteiger partial charge in [0.1, 0.15) is 11.6 Å². The molecule has 17 heteroatoms. The summed E-state index contributed by atoms with van der Waals surface area (Å²) in [6.07, 6.45) is -10.6. The number of halogens is 7. The van der Waals surface area contributed by atoms with Crippen molar-refractivity contribution in [3.8, 4) is 5.75 Å². The summed E-state index contributed by atoms with van der Waals surface area (Å²) in [4.78, 5) is 36.3. The number of aromatic amines is 1. The van der Waals surface area contributed by atoms with Gasteiger partial charge in [0.15, 0.2) is 5.75 Å². The van der Waals surface area contributed by atoms with Crippen molar-refractivity contribution in [1.82, 2.24) is 15.6 Å². The van der Waals surface area contributed by atoms with Gasteiger partial charge in [0.25, 0.3) is 0 Å².